The molecule has 2 aromatic rings. The first-order valence-corrected chi connectivity index (χ1v) is 8.74. The highest BCUT2D eigenvalue weighted by molar-refractivity contribution is 8.27. The fraction of sp³-hybridized carbons (Fsp3) is 0.0588. The molecule has 1 aliphatic heterocycles. The monoisotopic (exact) mass is 379 g/mol. The number of carbonyl (C=O) groups is 1. The van der Waals surface area contributed by atoms with Crippen molar-refractivity contribution in [3.05, 3.63) is 68.5 Å². The molecule has 23 heavy (non-hydrogen) atoms. The van der Waals surface area contributed by atoms with Crippen molar-refractivity contribution in [1.82, 2.24) is 0 Å². The lowest BCUT2D eigenvalue weighted by molar-refractivity contribution is -0.113. The highest BCUT2D eigenvalue weighted by Crippen LogP contribution is 2.38. The van der Waals surface area contributed by atoms with Crippen LogP contribution >= 0.6 is 47.2 Å². The van der Waals surface area contributed by atoms with E-state index in [2.05, 4.69) is 0 Å². The largest absolute Gasteiger partial charge is 0.270 e. The van der Waals surface area contributed by atoms with Gasteiger partial charge >= 0.3 is 0 Å². The first-order chi connectivity index (χ1) is 11.0. The summed E-state index contributed by atoms with van der Waals surface area (Å²) < 4.78 is 0.514. The summed E-state index contributed by atoms with van der Waals surface area (Å²) in [6, 6.07) is 12.8. The Morgan fingerprint density at radius 3 is 2.61 bits per heavy atom. The van der Waals surface area contributed by atoms with Crippen molar-refractivity contribution in [3.8, 4) is 0 Å². The Morgan fingerprint density at radius 2 is 1.91 bits per heavy atom. The summed E-state index contributed by atoms with van der Waals surface area (Å²) in [6.07, 6.45) is 1.75. The van der Waals surface area contributed by atoms with E-state index in [1.165, 1.54) is 11.8 Å². The summed E-state index contributed by atoms with van der Waals surface area (Å²) in [5.41, 5.74) is 2.54. The van der Waals surface area contributed by atoms with E-state index in [1.54, 1.807) is 29.2 Å². The van der Waals surface area contributed by atoms with Gasteiger partial charge < -0.3 is 0 Å². The van der Waals surface area contributed by atoms with Crippen molar-refractivity contribution >= 4 is 69.2 Å². The van der Waals surface area contributed by atoms with E-state index in [0.29, 0.717) is 19.3 Å². The number of thiocarbonyl (C=S) groups is 1. The van der Waals surface area contributed by atoms with Gasteiger partial charge in [0.15, 0.2) is 4.32 Å². The van der Waals surface area contributed by atoms with Crippen molar-refractivity contribution in [2.45, 2.75) is 6.92 Å². The van der Waals surface area contributed by atoms with Crippen molar-refractivity contribution < 1.29 is 4.79 Å². The molecule has 3 rings (SSSR count). The van der Waals surface area contributed by atoms with Crippen molar-refractivity contribution in [2.24, 2.45) is 0 Å². The van der Waals surface area contributed by atoms with Crippen molar-refractivity contribution in [3.63, 3.8) is 0 Å². The quantitative estimate of drug-likeness (QED) is 0.492. The standard InChI is InChI=1S/C17H11Cl2NOS2/c1-10-4-2-3-5-14(10)20-16(21)15(23-17(20)22)8-11-6-7-12(18)9-13(11)19/h2-9H,1H3/b15-8+. The molecule has 116 valence electrons. The van der Waals surface area contributed by atoms with Gasteiger partial charge in [-0.3, -0.25) is 9.69 Å². The van der Waals surface area contributed by atoms with Crippen molar-refractivity contribution in [2.75, 3.05) is 4.90 Å². The number of rotatable bonds is 2. The van der Waals surface area contributed by atoms with E-state index in [9.17, 15) is 4.79 Å². The number of benzene rings is 2. The van der Waals surface area contributed by atoms with Gasteiger partial charge in [-0.05, 0) is 42.3 Å². The first-order valence-electron chi connectivity index (χ1n) is 6.76. The number of para-hydroxylation sites is 1. The summed E-state index contributed by atoms with van der Waals surface area (Å²) >= 11 is 18.7. The Labute approximate surface area is 154 Å². The van der Waals surface area contributed by atoms with Crippen LogP contribution in [0.4, 0.5) is 5.69 Å². The van der Waals surface area contributed by atoms with Gasteiger partial charge in [-0.2, -0.15) is 0 Å². The van der Waals surface area contributed by atoms with Gasteiger partial charge in [0.1, 0.15) is 0 Å². The highest BCUT2D eigenvalue weighted by Gasteiger charge is 2.34. The van der Waals surface area contributed by atoms with Crippen LogP contribution in [0.3, 0.4) is 0 Å². The lowest BCUT2D eigenvalue weighted by atomic mass is 10.1. The Bertz CT molecular complexity index is 848. The van der Waals surface area contributed by atoms with Crippen LogP contribution in [-0.4, -0.2) is 10.2 Å². The zero-order chi connectivity index (χ0) is 16.6. The third kappa shape index (κ3) is 3.31. The lowest BCUT2D eigenvalue weighted by Crippen LogP contribution is -2.28. The molecule has 0 spiro atoms. The fourth-order valence-corrected chi connectivity index (χ4v) is 3.99. The minimum Gasteiger partial charge on any atom is -0.268 e. The van der Waals surface area contributed by atoms with Gasteiger partial charge in [-0.1, -0.05) is 71.4 Å². The van der Waals surface area contributed by atoms with E-state index in [0.717, 1.165) is 16.8 Å². The molecule has 2 aromatic carbocycles. The summed E-state index contributed by atoms with van der Waals surface area (Å²) in [6.45, 7) is 1.95. The van der Waals surface area contributed by atoms with Crippen LogP contribution in [0.5, 0.6) is 0 Å². The molecule has 1 heterocycles. The number of anilines is 1. The normalized spacial score (nSPS) is 16.5. The number of amides is 1. The van der Waals surface area contributed by atoms with Crippen LogP contribution in [0.2, 0.25) is 10.0 Å². The predicted molar refractivity (Wildman–Crippen MR) is 103 cm³/mol. The van der Waals surface area contributed by atoms with E-state index < -0.39 is 0 Å². The highest BCUT2D eigenvalue weighted by atomic mass is 35.5. The second kappa shape index (κ2) is 6.65. The maximum atomic E-state index is 12.7. The molecule has 0 aliphatic carbocycles. The Kier molecular flexibility index (Phi) is 4.78. The van der Waals surface area contributed by atoms with Crippen molar-refractivity contribution in [1.29, 1.82) is 0 Å². The van der Waals surface area contributed by atoms with Crippen LogP contribution in [-0.2, 0) is 4.79 Å². The smallest absolute Gasteiger partial charge is 0.268 e. The molecule has 2 nitrogen and oxygen atoms in total. The summed E-state index contributed by atoms with van der Waals surface area (Å²) in [7, 11) is 0. The molecule has 1 saturated heterocycles. The number of thioether (sulfide) groups is 1. The third-order valence-electron chi connectivity index (χ3n) is 3.40. The molecule has 1 amide bonds. The number of aryl methyl sites for hydroxylation is 1. The van der Waals surface area contributed by atoms with Crippen LogP contribution in [0.25, 0.3) is 6.08 Å². The summed E-state index contributed by atoms with van der Waals surface area (Å²) in [5.74, 6) is -0.139. The molecule has 0 atom stereocenters. The van der Waals surface area contributed by atoms with Crippen LogP contribution < -0.4 is 4.90 Å². The van der Waals surface area contributed by atoms with Gasteiger partial charge in [-0.15, -0.1) is 0 Å². The van der Waals surface area contributed by atoms with Crippen LogP contribution in [0.1, 0.15) is 11.1 Å². The van der Waals surface area contributed by atoms with Gasteiger partial charge in [0.2, 0.25) is 0 Å². The Hall–Kier alpha value is -1.33. The molecule has 0 aromatic heterocycles. The summed E-state index contributed by atoms with van der Waals surface area (Å²) in [5, 5.41) is 1.05. The molecular weight excluding hydrogens is 369 g/mol. The maximum absolute atomic E-state index is 12.7. The number of halogens is 2. The minimum atomic E-state index is -0.139. The molecule has 1 aliphatic rings. The second-order valence-electron chi connectivity index (χ2n) is 4.97. The maximum Gasteiger partial charge on any atom is 0.270 e. The lowest BCUT2D eigenvalue weighted by Gasteiger charge is -2.16. The van der Waals surface area contributed by atoms with E-state index in [4.69, 9.17) is 35.4 Å². The van der Waals surface area contributed by atoms with Crippen LogP contribution in [0, 0.1) is 6.92 Å². The Balaban J connectivity index is 1.98. The van der Waals surface area contributed by atoms with E-state index in [1.807, 2.05) is 31.2 Å². The van der Waals surface area contributed by atoms with Gasteiger partial charge in [0.25, 0.3) is 5.91 Å². The molecule has 1 fully saturated rings. The fourth-order valence-electron chi connectivity index (χ4n) is 2.25. The zero-order valence-corrected chi connectivity index (χ0v) is 15.2. The number of carbonyl (C=O) groups excluding carboxylic acids is 1. The van der Waals surface area contributed by atoms with E-state index in [-0.39, 0.29) is 5.91 Å². The third-order valence-corrected chi connectivity index (χ3v) is 5.26. The predicted octanol–water partition coefficient (Wildman–Crippen LogP) is 5.71. The molecule has 0 unspecified atom stereocenters. The first kappa shape index (κ1) is 16.5. The van der Waals surface area contributed by atoms with E-state index >= 15 is 0 Å². The van der Waals surface area contributed by atoms with Crippen LogP contribution in [0.15, 0.2) is 47.4 Å². The molecule has 0 radical (unpaired) electrons. The molecule has 0 bridgehead atoms. The molecule has 0 N–H and O–H groups in total. The minimum absolute atomic E-state index is 0.139. The topological polar surface area (TPSA) is 20.3 Å². The van der Waals surface area contributed by atoms with Gasteiger partial charge in [0.05, 0.1) is 10.6 Å². The van der Waals surface area contributed by atoms with Gasteiger partial charge in [0, 0.05) is 10.0 Å². The summed E-state index contributed by atoms with van der Waals surface area (Å²) in [4.78, 5) is 14.8. The second-order valence-corrected chi connectivity index (χ2v) is 7.49. The molecule has 6 heteroatoms. The number of hydrogen-bond acceptors (Lipinski definition) is 3. The number of nitrogens with zero attached hydrogens (tertiary/aromatic N) is 1. The molecular formula is C17H11Cl2NOS2. The number of hydrogen-bond donors (Lipinski definition) is 0. The average Bonchev–Trinajstić information content (AvgIpc) is 2.77. The Morgan fingerprint density at radius 1 is 1.17 bits per heavy atom. The zero-order valence-electron chi connectivity index (χ0n) is 12.0. The average molecular weight is 380 g/mol. The molecule has 0 saturated carbocycles. The van der Waals surface area contributed by atoms with Gasteiger partial charge in [-0.25, -0.2) is 0 Å². The SMILES string of the molecule is Cc1ccccc1N1C(=O)/C(=C\c2ccc(Cl)cc2Cl)SC1=S.